The highest BCUT2D eigenvalue weighted by Gasteiger charge is 2.12. The molecule has 1 N–H and O–H groups in total. The van der Waals surface area contributed by atoms with E-state index in [1.54, 1.807) is 22.6 Å². The Morgan fingerprint density at radius 2 is 2.29 bits per heavy atom. The summed E-state index contributed by atoms with van der Waals surface area (Å²) in [6.07, 6.45) is -2.76. The lowest BCUT2D eigenvalue weighted by atomic mass is 10.2. The van der Waals surface area contributed by atoms with Crippen molar-refractivity contribution in [1.82, 2.24) is 4.98 Å². The van der Waals surface area contributed by atoms with E-state index >= 15 is 0 Å². The molecule has 1 aromatic rings. The Bertz CT molecular complexity index is 436. The van der Waals surface area contributed by atoms with Gasteiger partial charge in [0.1, 0.15) is 0 Å². The predicted octanol–water partition coefficient (Wildman–Crippen LogP) is 1.98. The summed E-state index contributed by atoms with van der Waals surface area (Å²) in [7, 11) is 0. The smallest absolute Gasteiger partial charge is 0.278 e. The molecule has 0 aliphatic rings. The van der Waals surface area contributed by atoms with Crippen molar-refractivity contribution in [3.05, 3.63) is 31.2 Å². The molecule has 74 valence electrons. The molecule has 0 aliphatic heterocycles. The molecule has 1 aromatic heterocycles. The van der Waals surface area contributed by atoms with E-state index in [2.05, 4.69) is 4.98 Å². The number of alkyl halides is 2. The van der Waals surface area contributed by atoms with Crippen molar-refractivity contribution in [3.63, 3.8) is 0 Å². The van der Waals surface area contributed by atoms with E-state index in [0.717, 1.165) is 6.07 Å². The van der Waals surface area contributed by atoms with Gasteiger partial charge in [-0.05, 0) is 34.2 Å². The molecule has 0 aliphatic carbocycles. The topological polar surface area (TPSA) is 56.6 Å². The average Bonchev–Trinajstić information content (AvgIpc) is 2.12. The molecule has 0 radical (unpaired) electrons. The summed E-state index contributed by atoms with van der Waals surface area (Å²) in [5, 5.41) is 8.41. The van der Waals surface area contributed by atoms with Crippen molar-refractivity contribution < 1.29 is 8.78 Å². The van der Waals surface area contributed by atoms with Crippen LogP contribution >= 0.6 is 22.6 Å². The Hall–Kier alpha value is -0.970. The number of H-pyrrole nitrogens is 1. The summed E-state index contributed by atoms with van der Waals surface area (Å²) >= 11 is 1.73. The molecule has 0 atom stereocenters. The quantitative estimate of drug-likeness (QED) is 0.849. The van der Waals surface area contributed by atoms with Crippen molar-refractivity contribution in [3.8, 4) is 6.07 Å². The van der Waals surface area contributed by atoms with E-state index in [1.807, 2.05) is 6.07 Å². The maximum atomic E-state index is 12.2. The highest BCUT2D eigenvalue weighted by Crippen LogP contribution is 2.18. The minimum atomic E-state index is -2.72. The SMILES string of the molecule is N#CCc1cc(C(F)F)[nH]c(=O)c1I. The standard InChI is InChI=1S/C8H5F2IN2O/c9-7(10)5-3-4(1-2-12)6(11)8(14)13-5/h3,7H,1H2,(H,13,14). The lowest BCUT2D eigenvalue weighted by Gasteiger charge is -2.03. The minimum absolute atomic E-state index is 0.0398. The van der Waals surface area contributed by atoms with E-state index < -0.39 is 17.7 Å². The van der Waals surface area contributed by atoms with Gasteiger partial charge in [-0.15, -0.1) is 0 Å². The van der Waals surface area contributed by atoms with Gasteiger partial charge in [-0.3, -0.25) is 4.79 Å². The molecule has 14 heavy (non-hydrogen) atoms. The molecule has 3 nitrogen and oxygen atoms in total. The van der Waals surface area contributed by atoms with Gasteiger partial charge in [0, 0.05) is 0 Å². The van der Waals surface area contributed by atoms with Gasteiger partial charge >= 0.3 is 0 Å². The molecule has 0 aromatic carbocycles. The third-order valence-electron chi connectivity index (χ3n) is 1.57. The fraction of sp³-hybridized carbons (Fsp3) is 0.250. The van der Waals surface area contributed by atoms with Gasteiger partial charge in [-0.2, -0.15) is 5.26 Å². The summed E-state index contributed by atoms with van der Waals surface area (Å²) in [6.45, 7) is 0. The second-order valence-corrected chi connectivity index (χ2v) is 3.61. The number of hydrogen-bond acceptors (Lipinski definition) is 2. The first kappa shape index (κ1) is 11.1. The maximum absolute atomic E-state index is 12.2. The van der Waals surface area contributed by atoms with Crippen LogP contribution in [0, 0.1) is 14.9 Å². The predicted molar refractivity (Wildman–Crippen MR) is 54.1 cm³/mol. The minimum Gasteiger partial charge on any atom is -0.320 e. The van der Waals surface area contributed by atoms with Gasteiger partial charge < -0.3 is 4.98 Å². The molecule has 0 amide bonds. The molecule has 0 fully saturated rings. The number of nitriles is 1. The van der Waals surface area contributed by atoms with Gasteiger partial charge in [0.25, 0.3) is 12.0 Å². The molecule has 1 rings (SSSR count). The Morgan fingerprint density at radius 1 is 1.64 bits per heavy atom. The molecule has 6 heteroatoms. The van der Waals surface area contributed by atoms with E-state index in [1.165, 1.54) is 0 Å². The molecule has 0 saturated heterocycles. The number of rotatable bonds is 2. The zero-order chi connectivity index (χ0) is 10.7. The van der Waals surface area contributed by atoms with Crippen LogP contribution < -0.4 is 5.56 Å². The molecule has 0 spiro atoms. The highest BCUT2D eigenvalue weighted by atomic mass is 127. The molecule has 1 heterocycles. The second kappa shape index (κ2) is 4.50. The zero-order valence-corrected chi connectivity index (χ0v) is 9.01. The third-order valence-corrected chi connectivity index (χ3v) is 2.76. The molecular formula is C8H5F2IN2O. The van der Waals surface area contributed by atoms with Crippen LogP contribution in [0.25, 0.3) is 0 Å². The number of hydrogen-bond donors (Lipinski definition) is 1. The average molecular weight is 310 g/mol. The van der Waals surface area contributed by atoms with Crippen LogP contribution in [0.3, 0.4) is 0 Å². The van der Waals surface area contributed by atoms with Crippen LogP contribution in [0.5, 0.6) is 0 Å². The van der Waals surface area contributed by atoms with Crippen LogP contribution in [0.15, 0.2) is 10.9 Å². The summed E-state index contributed by atoms with van der Waals surface area (Å²) in [5.74, 6) is 0. The maximum Gasteiger partial charge on any atom is 0.278 e. The van der Waals surface area contributed by atoms with Crippen LogP contribution in [0.4, 0.5) is 8.78 Å². The molecule has 0 saturated carbocycles. The monoisotopic (exact) mass is 310 g/mol. The summed E-state index contributed by atoms with van der Waals surface area (Å²) in [6, 6.07) is 2.97. The third kappa shape index (κ3) is 2.29. The van der Waals surface area contributed by atoms with Crippen LogP contribution in [-0.2, 0) is 6.42 Å². The number of nitrogens with one attached hydrogen (secondary N) is 1. The van der Waals surface area contributed by atoms with Gasteiger partial charge in [-0.1, -0.05) is 0 Å². The van der Waals surface area contributed by atoms with Gasteiger partial charge in [0.15, 0.2) is 0 Å². The van der Waals surface area contributed by atoms with Crippen molar-refractivity contribution >= 4 is 22.6 Å². The van der Waals surface area contributed by atoms with E-state index in [-0.39, 0.29) is 9.99 Å². The number of aromatic nitrogens is 1. The zero-order valence-electron chi connectivity index (χ0n) is 6.85. The highest BCUT2D eigenvalue weighted by molar-refractivity contribution is 14.1. The Balaban J connectivity index is 3.30. The van der Waals surface area contributed by atoms with Crippen LogP contribution in [0.2, 0.25) is 0 Å². The van der Waals surface area contributed by atoms with Crippen LogP contribution in [0.1, 0.15) is 17.7 Å². The largest absolute Gasteiger partial charge is 0.320 e. The van der Waals surface area contributed by atoms with Crippen molar-refractivity contribution in [2.24, 2.45) is 0 Å². The fourth-order valence-electron chi connectivity index (χ4n) is 0.950. The lowest BCUT2D eigenvalue weighted by molar-refractivity contribution is 0.145. The first-order valence-corrected chi connectivity index (χ1v) is 4.71. The van der Waals surface area contributed by atoms with E-state index in [0.29, 0.717) is 5.56 Å². The lowest BCUT2D eigenvalue weighted by Crippen LogP contribution is -2.15. The summed E-state index contributed by atoms with van der Waals surface area (Å²) in [5.41, 5.74) is -0.679. The second-order valence-electron chi connectivity index (χ2n) is 2.53. The molecule has 0 unspecified atom stereocenters. The number of halogens is 3. The Kier molecular flexibility index (Phi) is 3.57. The Labute approximate surface area is 91.9 Å². The van der Waals surface area contributed by atoms with Gasteiger partial charge in [0.05, 0.1) is 21.8 Å². The fourth-order valence-corrected chi connectivity index (χ4v) is 1.43. The van der Waals surface area contributed by atoms with E-state index in [4.69, 9.17) is 5.26 Å². The van der Waals surface area contributed by atoms with Crippen molar-refractivity contribution in [2.75, 3.05) is 0 Å². The Morgan fingerprint density at radius 3 is 2.79 bits per heavy atom. The van der Waals surface area contributed by atoms with Gasteiger partial charge in [0.2, 0.25) is 0 Å². The van der Waals surface area contributed by atoms with Gasteiger partial charge in [-0.25, -0.2) is 8.78 Å². The number of nitrogens with zero attached hydrogens (tertiary/aromatic N) is 1. The normalized spacial score (nSPS) is 10.2. The first-order valence-electron chi connectivity index (χ1n) is 3.63. The summed E-state index contributed by atoms with van der Waals surface area (Å²) in [4.78, 5) is 13.2. The molecular weight excluding hydrogens is 305 g/mol. The van der Waals surface area contributed by atoms with E-state index in [9.17, 15) is 13.6 Å². The number of pyridine rings is 1. The van der Waals surface area contributed by atoms with Crippen molar-refractivity contribution in [1.29, 1.82) is 5.26 Å². The van der Waals surface area contributed by atoms with Crippen LogP contribution in [-0.4, -0.2) is 4.98 Å². The summed E-state index contributed by atoms with van der Waals surface area (Å²) < 4.78 is 24.8. The van der Waals surface area contributed by atoms with Crippen molar-refractivity contribution in [2.45, 2.75) is 12.8 Å². The number of aromatic amines is 1. The molecule has 0 bridgehead atoms. The first-order chi connectivity index (χ1) is 6.56.